The molecule has 0 amide bonds. The molecule has 1 aliphatic rings. The lowest BCUT2D eigenvalue weighted by molar-refractivity contribution is 0.0729. The van der Waals surface area contributed by atoms with Crippen LogP contribution in [0, 0.1) is 6.92 Å². The van der Waals surface area contributed by atoms with Gasteiger partial charge in [0.2, 0.25) is 0 Å². The fourth-order valence-corrected chi connectivity index (χ4v) is 6.19. The van der Waals surface area contributed by atoms with Crippen molar-refractivity contribution in [2.75, 3.05) is 11.5 Å². The Morgan fingerprint density at radius 1 is 1.04 bits per heavy atom. The molecule has 0 N–H and O–H groups in total. The van der Waals surface area contributed by atoms with Gasteiger partial charge in [-0.05, 0) is 36.8 Å². The monoisotopic (exact) mass is 429 g/mol. The van der Waals surface area contributed by atoms with Crippen molar-refractivity contribution in [1.29, 1.82) is 0 Å². The molecular formula is C21H19NO3S3. The van der Waals surface area contributed by atoms with Crippen molar-refractivity contribution in [3.63, 3.8) is 0 Å². The van der Waals surface area contributed by atoms with Crippen molar-refractivity contribution in [3.8, 4) is 11.5 Å². The molecule has 0 spiro atoms. The molecular weight excluding hydrogens is 410 g/mol. The quantitative estimate of drug-likeness (QED) is 0.368. The van der Waals surface area contributed by atoms with Gasteiger partial charge in [-0.25, -0.2) is 9.78 Å². The Hall–Kier alpha value is -1.96. The van der Waals surface area contributed by atoms with Crippen molar-refractivity contribution < 1.29 is 14.3 Å². The summed E-state index contributed by atoms with van der Waals surface area (Å²) in [5.74, 6) is 3.24. The number of esters is 1. The van der Waals surface area contributed by atoms with Gasteiger partial charge in [0.25, 0.3) is 0 Å². The summed E-state index contributed by atoms with van der Waals surface area (Å²) in [5, 5.41) is 2.44. The molecule has 0 saturated carbocycles. The maximum atomic E-state index is 12.4. The van der Waals surface area contributed by atoms with Crippen molar-refractivity contribution >= 4 is 40.8 Å². The molecule has 1 aromatic heterocycles. The number of thioether (sulfide) groups is 2. The normalized spacial score (nSPS) is 14.2. The van der Waals surface area contributed by atoms with Gasteiger partial charge in [-0.3, -0.25) is 0 Å². The smallest absolute Gasteiger partial charge is 0.363 e. The summed E-state index contributed by atoms with van der Waals surface area (Å²) < 4.78 is 11.7. The number of aromatic nitrogens is 1. The first kappa shape index (κ1) is 19.4. The first-order chi connectivity index (χ1) is 13.7. The Morgan fingerprint density at radius 3 is 2.43 bits per heavy atom. The molecule has 0 aliphatic carbocycles. The topological polar surface area (TPSA) is 48.4 Å². The number of hydrogen-bond donors (Lipinski definition) is 0. The van der Waals surface area contributed by atoms with Crippen LogP contribution in [0.25, 0.3) is 0 Å². The van der Waals surface area contributed by atoms with E-state index in [1.807, 2.05) is 79.0 Å². The fraction of sp³-hybridized carbons (Fsp3) is 0.238. The van der Waals surface area contributed by atoms with E-state index in [4.69, 9.17) is 9.47 Å². The predicted octanol–water partition coefficient (Wildman–Crippen LogP) is 5.73. The first-order valence-electron chi connectivity index (χ1n) is 8.86. The molecule has 0 bridgehead atoms. The Labute approximate surface area is 176 Å². The van der Waals surface area contributed by atoms with Crippen molar-refractivity contribution in [2.45, 2.75) is 18.1 Å². The highest BCUT2D eigenvalue weighted by Gasteiger charge is 2.19. The van der Waals surface area contributed by atoms with E-state index < -0.39 is 5.97 Å². The number of aryl methyl sites for hydroxylation is 1. The van der Waals surface area contributed by atoms with Gasteiger partial charge >= 0.3 is 5.97 Å². The van der Waals surface area contributed by atoms with E-state index in [0.717, 1.165) is 10.8 Å². The molecule has 144 valence electrons. The fourth-order valence-electron chi connectivity index (χ4n) is 2.65. The number of hydrogen-bond acceptors (Lipinski definition) is 7. The lowest BCUT2D eigenvalue weighted by atomic mass is 10.2. The summed E-state index contributed by atoms with van der Waals surface area (Å²) in [4.78, 5) is 16.7. The van der Waals surface area contributed by atoms with E-state index in [0.29, 0.717) is 22.6 Å². The Kier molecular flexibility index (Phi) is 6.24. The van der Waals surface area contributed by atoms with Crippen LogP contribution in [0.5, 0.6) is 11.5 Å². The summed E-state index contributed by atoms with van der Waals surface area (Å²) in [5.41, 5.74) is 2.75. The van der Waals surface area contributed by atoms with Crippen LogP contribution in [0.3, 0.4) is 0 Å². The van der Waals surface area contributed by atoms with E-state index in [1.54, 1.807) is 5.38 Å². The number of rotatable bonds is 6. The van der Waals surface area contributed by atoms with E-state index >= 15 is 0 Å². The second kappa shape index (κ2) is 9.03. The maximum absolute atomic E-state index is 12.4. The summed E-state index contributed by atoms with van der Waals surface area (Å²) in [6.45, 7) is 2.36. The molecule has 4 nitrogen and oxygen atoms in total. The Morgan fingerprint density at radius 2 is 1.71 bits per heavy atom. The Bertz CT molecular complexity index is 932. The molecule has 1 aliphatic heterocycles. The van der Waals surface area contributed by atoms with Gasteiger partial charge in [0, 0.05) is 16.9 Å². The molecule has 1 fully saturated rings. The van der Waals surface area contributed by atoms with Crippen LogP contribution in [0.1, 0.15) is 31.2 Å². The predicted molar refractivity (Wildman–Crippen MR) is 117 cm³/mol. The molecule has 2 heterocycles. The van der Waals surface area contributed by atoms with E-state index in [9.17, 15) is 4.79 Å². The zero-order valence-electron chi connectivity index (χ0n) is 15.3. The minimum absolute atomic E-state index is 0.304. The lowest BCUT2D eigenvalue weighted by Crippen LogP contribution is -2.09. The van der Waals surface area contributed by atoms with E-state index in [-0.39, 0.29) is 0 Å². The maximum Gasteiger partial charge on any atom is 0.363 e. The lowest BCUT2D eigenvalue weighted by Gasteiger charge is -2.09. The van der Waals surface area contributed by atoms with Gasteiger partial charge in [0.15, 0.2) is 5.69 Å². The third kappa shape index (κ3) is 4.90. The highest BCUT2D eigenvalue weighted by molar-refractivity contribution is 8.19. The van der Waals surface area contributed by atoms with Gasteiger partial charge in [0.1, 0.15) is 23.1 Å². The molecule has 7 heteroatoms. The average molecular weight is 430 g/mol. The zero-order valence-corrected chi connectivity index (χ0v) is 17.7. The van der Waals surface area contributed by atoms with Gasteiger partial charge in [-0.15, -0.1) is 34.9 Å². The van der Waals surface area contributed by atoms with Gasteiger partial charge < -0.3 is 9.47 Å². The summed E-state index contributed by atoms with van der Waals surface area (Å²) in [6.07, 6.45) is 0. The molecule has 3 aromatic rings. The number of ether oxygens (including phenoxy) is 2. The van der Waals surface area contributed by atoms with Gasteiger partial charge in [0.05, 0.1) is 4.58 Å². The van der Waals surface area contributed by atoms with Crippen LogP contribution < -0.4 is 9.47 Å². The van der Waals surface area contributed by atoms with Crippen LogP contribution in [0.4, 0.5) is 0 Å². The first-order valence-corrected chi connectivity index (χ1v) is 11.8. The van der Waals surface area contributed by atoms with Crippen LogP contribution in [-0.4, -0.2) is 22.5 Å². The number of benzene rings is 2. The molecule has 1 saturated heterocycles. The standard InChI is InChI=1S/C21H19NO3S3/c1-14-2-6-16(7-3-14)24-12-19-22-18(13-28-19)20(23)25-17-8-4-15(5-9-17)21-26-10-11-27-21/h2-9,13,21H,10-12H2,1H3. The highest BCUT2D eigenvalue weighted by atomic mass is 32.2. The minimum atomic E-state index is -0.449. The second-order valence-corrected chi connectivity index (χ2v) is 9.93. The SMILES string of the molecule is Cc1ccc(OCc2nc(C(=O)Oc3ccc(C4SCCS4)cc3)cs2)cc1. The van der Waals surface area contributed by atoms with Crippen molar-refractivity contribution in [1.82, 2.24) is 4.98 Å². The van der Waals surface area contributed by atoms with E-state index in [2.05, 4.69) is 4.98 Å². The molecule has 0 atom stereocenters. The summed E-state index contributed by atoms with van der Waals surface area (Å²) >= 11 is 5.29. The summed E-state index contributed by atoms with van der Waals surface area (Å²) in [7, 11) is 0. The van der Waals surface area contributed by atoms with Gasteiger partial charge in [-0.2, -0.15) is 0 Å². The largest absolute Gasteiger partial charge is 0.486 e. The Balaban J connectivity index is 1.33. The van der Waals surface area contributed by atoms with E-state index in [1.165, 1.54) is 34.0 Å². The summed E-state index contributed by atoms with van der Waals surface area (Å²) in [6, 6.07) is 15.6. The van der Waals surface area contributed by atoms with Crippen molar-refractivity contribution in [2.24, 2.45) is 0 Å². The number of carbonyl (C=O) groups is 1. The van der Waals surface area contributed by atoms with Crippen molar-refractivity contribution in [3.05, 3.63) is 75.7 Å². The number of carbonyl (C=O) groups excluding carboxylic acids is 1. The minimum Gasteiger partial charge on any atom is -0.486 e. The molecule has 0 unspecified atom stereocenters. The van der Waals surface area contributed by atoms with Crippen LogP contribution in [0.2, 0.25) is 0 Å². The molecule has 4 rings (SSSR count). The highest BCUT2D eigenvalue weighted by Crippen LogP contribution is 2.45. The zero-order chi connectivity index (χ0) is 19.3. The van der Waals surface area contributed by atoms with Gasteiger partial charge in [-0.1, -0.05) is 29.8 Å². The number of thiazole rings is 1. The van der Waals surface area contributed by atoms with Crippen LogP contribution in [0.15, 0.2) is 53.9 Å². The molecule has 2 aromatic carbocycles. The molecule has 28 heavy (non-hydrogen) atoms. The van der Waals surface area contributed by atoms with Crippen LogP contribution in [-0.2, 0) is 6.61 Å². The average Bonchev–Trinajstić information content (AvgIpc) is 3.40. The van der Waals surface area contributed by atoms with Crippen LogP contribution >= 0.6 is 34.9 Å². The third-order valence-electron chi connectivity index (χ3n) is 4.13. The number of nitrogens with zero attached hydrogens (tertiary/aromatic N) is 1. The second-order valence-electron chi connectivity index (χ2n) is 6.26. The third-order valence-corrected chi connectivity index (χ3v) is 8.06. The molecule has 0 radical (unpaired) electrons.